The summed E-state index contributed by atoms with van der Waals surface area (Å²) in [7, 11) is 0. The van der Waals surface area contributed by atoms with E-state index < -0.39 is 0 Å². The zero-order chi connectivity index (χ0) is 26.0. The van der Waals surface area contributed by atoms with Gasteiger partial charge in [-0.15, -0.1) is 0 Å². The maximum atomic E-state index is 12.7. The topological polar surface area (TPSA) is 88.4 Å². The molecule has 0 unspecified atom stereocenters. The van der Waals surface area contributed by atoms with E-state index in [1.54, 1.807) is 0 Å². The van der Waals surface area contributed by atoms with Gasteiger partial charge >= 0.3 is 0 Å². The van der Waals surface area contributed by atoms with Gasteiger partial charge in [0.15, 0.2) is 16.0 Å². The van der Waals surface area contributed by atoms with Crippen molar-refractivity contribution >= 4 is 51.8 Å². The van der Waals surface area contributed by atoms with Crippen molar-refractivity contribution in [2.45, 2.75) is 38.5 Å². The molecular formula is C29H32N4O2S2. The molecular weight excluding hydrogens is 500 g/mol. The molecule has 0 amide bonds. The van der Waals surface area contributed by atoms with Gasteiger partial charge in [0.25, 0.3) is 0 Å². The van der Waals surface area contributed by atoms with Crippen LogP contribution in [0, 0.1) is 0 Å². The van der Waals surface area contributed by atoms with Gasteiger partial charge in [-0.3, -0.25) is 4.79 Å². The number of anilines is 2. The lowest BCUT2D eigenvalue weighted by Crippen LogP contribution is -2.29. The third-order valence-corrected chi connectivity index (χ3v) is 6.56. The molecule has 192 valence electrons. The minimum absolute atomic E-state index is 0.0684. The molecule has 8 heteroatoms. The highest BCUT2D eigenvalue weighted by atomic mass is 32.1. The van der Waals surface area contributed by atoms with Crippen LogP contribution in [0.3, 0.4) is 0 Å². The van der Waals surface area contributed by atoms with E-state index in [1.165, 1.54) is 12.8 Å². The number of hydrogen-bond acceptors (Lipinski definition) is 4. The fraction of sp³-hybridized carbons (Fsp3) is 0.276. The predicted molar refractivity (Wildman–Crippen MR) is 160 cm³/mol. The van der Waals surface area contributed by atoms with Crippen molar-refractivity contribution in [3.05, 3.63) is 77.9 Å². The van der Waals surface area contributed by atoms with Crippen molar-refractivity contribution in [3.8, 4) is 16.9 Å². The second-order valence-electron chi connectivity index (χ2n) is 9.00. The Morgan fingerprint density at radius 3 is 2.24 bits per heavy atom. The smallest absolute Gasteiger partial charge is 0.194 e. The molecule has 1 aliphatic rings. The first-order valence-corrected chi connectivity index (χ1v) is 13.5. The highest BCUT2D eigenvalue weighted by molar-refractivity contribution is 7.80. The molecule has 0 saturated heterocycles. The summed E-state index contributed by atoms with van der Waals surface area (Å²) in [6, 6.07) is 21.2. The second kappa shape index (κ2) is 13.2. The van der Waals surface area contributed by atoms with Crippen molar-refractivity contribution in [1.29, 1.82) is 0 Å². The first-order valence-electron chi connectivity index (χ1n) is 12.6. The fourth-order valence-corrected chi connectivity index (χ4v) is 4.75. The highest BCUT2D eigenvalue weighted by Gasteiger charge is 2.26. The number of nitrogens with two attached hydrogens (primary N) is 1. The third-order valence-electron chi connectivity index (χ3n) is 6.21. The van der Waals surface area contributed by atoms with Crippen LogP contribution in [0.2, 0.25) is 0 Å². The van der Waals surface area contributed by atoms with Crippen molar-refractivity contribution < 1.29 is 9.53 Å². The molecule has 0 bridgehead atoms. The molecule has 0 spiro atoms. The van der Waals surface area contributed by atoms with Crippen molar-refractivity contribution in [3.63, 3.8) is 0 Å². The SMILES string of the molecule is NC(=S)Nc1cccc(OCCCCCCCCNC(=S)Nc2ccc3c(c2)C(=O)c2ccccc2-3)c1. The standard InChI is InChI=1S/C29H32N4O2S2/c30-28(36)32-20-10-9-11-22(18-20)35-17-8-4-2-1-3-7-16-31-29(37)33-21-14-15-24-23-12-5-6-13-25(23)27(34)26(24)19-21/h5-6,9-15,18-19H,1-4,7-8,16-17H2,(H3,30,32,36)(H2,31,33,37). The molecule has 0 fully saturated rings. The van der Waals surface area contributed by atoms with Crippen LogP contribution in [0.5, 0.6) is 5.75 Å². The molecule has 3 aromatic rings. The molecule has 3 aromatic carbocycles. The van der Waals surface area contributed by atoms with E-state index in [4.69, 9.17) is 34.9 Å². The van der Waals surface area contributed by atoms with Crippen LogP contribution in [-0.2, 0) is 0 Å². The Hall–Kier alpha value is -3.49. The Morgan fingerprint density at radius 1 is 0.730 bits per heavy atom. The Labute approximate surface area is 229 Å². The molecule has 1 aliphatic carbocycles. The average molecular weight is 533 g/mol. The number of carbonyl (C=O) groups is 1. The zero-order valence-electron chi connectivity index (χ0n) is 20.7. The summed E-state index contributed by atoms with van der Waals surface area (Å²) in [6.07, 6.45) is 6.73. The lowest BCUT2D eigenvalue weighted by atomic mass is 10.1. The monoisotopic (exact) mass is 532 g/mol. The maximum absolute atomic E-state index is 12.7. The Kier molecular flexibility index (Phi) is 9.46. The minimum atomic E-state index is 0.0684. The van der Waals surface area contributed by atoms with Gasteiger partial charge < -0.3 is 26.4 Å². The summed E-state index contributed by atoms with van der Waals surface area (Å²) in [5, 5.41) is 10.2. The maximum Gasteiger partial charge on any atom is 0.194 e. The Balaban J connectivity index is 1.05. The van der Waals surface area contributed by atoms with Crippen molar-refractivity contribution in [2.24, 2.45) is 5.73 Å². The Bertz CT molecular complexity index is 1280. The van der Waals surface area contributed by atoms with Gasteiger partial charge in [0.1, 0.15) is 5.75 Å². The van der Waals surface area contributed by atoms with Gasteiger partial charge in [-0.05, 0) is 72.7 Å². The number of rotatable bonds is 12. The van der Waals surface area contributed by atoms with Crippen LogP contribution < -0.4 is 26.4 Å². The molecule has 0 radical (unpaired) electrons. The number of unbranched alkanes of at least 4 members (excludes halogenated alkanes) is 5. The molecule has 0 heterocycles. The van der Waals surface area contributed by atoms with Crippen LogP contribution in [0.4, 0.5) is 11.4 Å². The number of carbonyl (C=O) groups excluding carboxylic acids is 1. The summed E-state index contributed by atoms with van der Waals surface area (Å²) in [5.41, 5.74) is 10.6. The minimum Gasteiger partial charge on any atom is -0.494 e. The van der Waals surface area contributed by atoms with E-state index in [0.717, 1.165) is 71.6 Å². The van der Waals surface area contributed by atoms with E-state index in [2.05, 4.69) is 16.0 Å². The number of ketones is 1. The van der Waals surface area contributed by atoms with Crippen molar-refractivity contribution in [1.82, 2.24) is 5.32 Å². The lowest BCUT2D eigenvalue weighted by Gasteiger charge is -2.11. The number of thiocarbonyl (C=S) groups is 2. The van der Waals surface area contributed by atoms with Crippen LogP contribution in [0.1, 0.15) is 54.4 Å². The van der Waals surface area contributed by atoms with Crippen LogP contribution >= 0.6 is 24.4 Å². The summed E-state index contributed by atoms with van der Waals surface area (Å²) in [5.74, 6) is 0.882. The number of hydrogen-bond donors (Lipinski definition) is 4. The van der Waals surface area contributed by atoms with Crippen LogP contribution in [0.15, 0.2) is 66.7 Å². The molecule has 0 atom stereocenters. The first kappa shape index (κ1) is 26.6. The molecule has 5 N–H and O–H groups in total. The number of benzene rings is 3. The fourth-order valence-electron chi connectivity index (χ4n) is 4.41. The molecule has 4 rings (SSSR count). The molecule has 6 nitrogen and oxygen atoms in total. The molecule has 0 saturated carbocycles. The largest absolute Gasteiger partial charge is 0.494 e. The van der Waals surface area contributed by atoms with E-state index in [-0.39, 0.29) is 10.9 Å². The lowest BCUT2D eigenvalue weighted by molar-refractivity contribution is 0.104. The van der Waals surface area contributed by atoms with E-state index >= 15 is 0 Å². The van der Waals surface area contributed by atoms with Gasteiger partial charge in [0.2, 0.25) is 0 Å². The molecule has 0 aliphatic heterocycles. The number of fused-ring (bicyclic) bond motifs is 3. The summed E-state index contributed by atoms with van der Waals surface area (Å²) >= 11 is 10.3. The second-order valence-corrected chi connectivity index (χ2v) is 9.85. The quantitative estimate of drug-likeness (QED) is 0.126. The van der Waals surface area contributed by atoms with E-state index in [9.17, 15) is 4.79 Å². The van der Waals surface area contributed by atoms with E-state index in [0.29, 0.717) is 11.7 Å². The van der Waals surface area contributed by atoms with Gasteiger partial charge in [-0.25, -0.2) is 0 Å². The predicted octanol–water partition coefficient (Wildman–Crippen LogP) is 6.26. The van der Waals surface area contributed by atoms with Gasteiger partial charge in [-0.2, -0.15) is 0 Å². The summed E-state index contributed by atoms with van der Waals surface area (Å²) in [4.78, 5) is 12.7. The average Bonchev–Trinajstić information content (AvgIpc) is 3.16. The highest BCUT2D eigenvalue weighted by Crippen LogP contribution is 2.37. The zero-order valence-corrected chi connectivity index (χ0v) is 22.4. The van der Waals surface area contributed by atoms with Crippen LogP contribution in [0.25, 0.3) is 11.1 Å². The summed E-state index contributed by atoms with van der Waals surface area (Å²) in [6.45, 7) is 1.51. The van der Waals surface area contributed by atoms with Gasteiger partial charge in [0, 0.05) is 35.1 Å². The van der Waals surface area contributed by atoms with Crippen LogP contribution in [-0.4, -0.2) is 29.2 Å². The first-order chi connectivity index (χ1) is 18.0. The van der Waals surface area contributed by atoms with Gasteiger partial charge in [-0.1, -0.05) is 62.1 Å². The molecule has 37 heavy (non-hydrogen) atoms. The van der Waals surface area contributed by atoms with E-state index in [1.807, 2.05) is 66.7 Å². The number of ether oxygens (including phenoxy) is 1. The summed E-state index contributed by atoms with van der Waals surface area (Å²) < 4.78 is 5.82. The third kappa shape index (κ3) is 7.50. The molecule has 0 aromatic heterocycles. The Morgan fingerprint density at radius 2 is 1.43 bits per heavy atom. The normalized spacial score (nSPS) is 11.4. The number of nitrogens with one attached hydrogen (secondary N) is 3. The van der Waals surface area contributed by atoms with Crippen molar-refractivity contribution in [2.75, 3.05) is 23.8 Å². The van der Waals surface area contributed by atoms with Gasteiger partial charge in [0.05, 0.1) is 6.61 Å².